The number of ether oxygens (including phenoxy) is 2. The first kappa shape index (κ1) is 13.3. The van der Waals surface area contributed by atoms with Gasteiger partial charge in [-0.15, -0.1) is 0 Å². The van der Waals surface area contributed by atoms with Gasteiger partial charge in [0.2, 0.25) is 0 Å². The largest absolute Gasteiger partial charge is 0.491 e. The first-order chi connectivity index (χ1) is 8.69. The summed E-state index contributed by atoms with van der Waals surface area (Å²) in [4.78, 5) is 2.26. The van der Waals surface area contributed by atoms with Crippen molar-refractivity contribution in [1.29, 1.82) is 0 Å². The van der Waals surface area contributed by atoms with Crippen molar-refractivity contribution in [3.8, 4) is 5.75 Å². The first-order valence-electron chi connectivity index (χ1n) is 6.41. The quantitative estimate of drug-likeness (QED) is 0.871. The second-order valence-corrected chi connectivity index (χ2v) is 4.87. The monoisotopic (exact) mass is 250 g/mol. The standard InChI is InChI=1S/C14H22N2O2/c1-11-3-4-12(8-15)7-14(11)18-10-13-9-16(2)5-6-17-13/h3-4,7,13H,5-6,8-10,15H2,1-2H3. The minimum Gasteiger partial charge on any atom is -0.491 e. The zero-order valence-electron chi connectivity index (χ0n) is 11.2. The molecule has 1 aliphatic heterocycles. The Morgan fingerprint density at radius 1 is 1.50 bits per heavy atom. The van der Waals surface area contributed by atoms with Crippen molar-refractivity contribution in [2.24, 2.45) is 5.73 Å². The minimum atomic E-state index is 0.157. The summed E-state index contributed by atoms with van der Waals surface area (Å²) in [5, 5.41) is 0. The molecule has 4 nitrogen and oxygen atoms in total. The van der Waals surface area contributed by atoms with Crippen molar-refractivity contribution in [1.82, 2.24) is 4.90 Å². The topological polar surface area (TPSA) is 47.7 Å². The molecule has 1 unspecified atom stereocenters. The van der Waals surface area contributed by atoms with E-state index in [0.29, 0.717) is 13.2 Å². The fourth-order valence-corrected chi connectivity index (χ4v) is 2.08. The number of morpholine rings is 1. The van der Waals surface area contributed by atoms with Crippen molar-refractivity contribution in [2.45, 2.75) is 19.6 Å². The maximum Gasteiger partial charge on any atom is 0.122 e. The number of hydrogen-bond acceptors (Lipinski definition) is 4. The molecule has 100 valence electrons. The maximum absolute atomic E-state index is 5.86. The molecule has 1 aromatic carbocycles. The van der Waals surface area contributed by atoms with Gasteiger partial charge < -0.3 is 20.1 Å². The van der Waals surface area contributed by atoms with Gasteiger partial charge in [-0.05, 0) is 31.2 Å². The molecule has 18 heavy (non-hydrogen) atoms. The van der Waals surface area contributed by atoms with Gasteiger partial charge in [0.25, 0.3) is 0 Å². The fraction of sp³-hybridized carbons (Fsp3) is 0.571. The van der Waals surface area contributed by atoms with E-state index >= 15 is 0 Å². The SMILES string of the molecule is Cc1ccc(CN)cc1OCC1CN(C)CCO1. The molecule has 2 rings (SSSR count). The molecule has 2 N–H and O–H groups in total. The van der Waals surface area contributed by atoms with Crippen LogP contribution in [0.15, 0.2) is 18.2 Å². The molecule has 0 radical (unpaired) electrons. The lowest BCUT2D eigenvalue weighted by molar-refractivity contribution is -0.0404. The van der Waals surface area contributed by atoms with Crippen molar-refractivity contribution >= 4 is 0 Å². The molecule has 4 heteroatoms. The summed E-state index contributed by atoms with van der Waals surface area (Å²) in [5.74, 6) is 0.912. The van der Waals surface area contributed by atoms with E-state index in [4.69, 9.17) is 15.2 Å². The molecule has 0 amide bonds. The van der Waals surface area contributed by atoms with Crippen LogP contribution in [0, 0.1) is 6.92 Å². The summed E-state index contributed by atoms with van der Waals surface area (Å²) < 4.78 is 11.5. The number of nitrogens with zero attached hydrogens (tertiary/aromatic N) is 1. The fourth-order valence-electron chi connectivity index (χ4n) is 2.08. The van der Waals surface area contributed by atoms with Gasteiger partial charge in [0.15, 0.2) is 0 Å². The van der Waals surface area contributed by atoms with Crippen LogP contribution in [0.5, 0.6) is 5.75 Å². The second-order valence-electron chi connectivity index (χ2n) is 4.87. The van der Waals surface area contributed by atoms with Crippen LogP contribution in [0.4, 0.5) is 0 Å². The molecule has 1 fully saturated rings. The Kier molecular flexibility index (Phi) is 4.58. The molecule has 1 aliphatic rings. The van der Waals surface area contributed by atoms with Crippen LogP contribution >= 0.6 is 0 Å². The maximum atomic E-state index is 5.86. The van der Waals surface area contributed by atoms with Crippen molar-refractivity contribution in [3.63, 3.8) is 0 Å². The van der Waals surface area contributed by atoms with Gasteiger partial charge in [0.1, 0.15) is 18.5 Å². The molecule has 0 saturated carbocycles. The van der Waals surface area contributed by atoms with Gasteiger partial charge >= 0.3 is 0 Å². The van der Waals surface area contributed by atoms with Crippen molar-refractivity contribution in [2.75, 3.05) is 33.4 Å². The summed E-state index contributed by atoms with van der Waals surface area (Å²) in [6, 6.07) is 6.10. The average Bonchev–Trinajstić information content (AvgIpc) is 2.38. The minimum absolute atomic E-state index is 0.157. The third-order valence-corrected chi connectivity index (χ3v) is 3.25. The molecule has 0 bridgehead atoms. The Morgan fingerprint density at radius 3 is 3.06 bits per heavy atom. The third-order valence-electron chi connectivity index (χ3n) is 3.25. The van der Waals surface area contributed by atoms with E-state index in [1.165, 1.54) is 0 Å². The molecule has 0 aromatic heterocycles. The Labute approximate surface area is 109 Å². The Morgan fingerprint density at radius 2 is 2.33 bits per heavy atom. The van der Waals surface area contributed by atoms with Gasteiger partial charge in [0, 0.05) is 19.6 Å². The molecule has 1 atom stereocenters. The van der Waals surface area contributed by atoms with Crippen LogP contribution in [0.3, 0.4) is 0 Å². The summed E-state index contributed by atoms with van der Waals surface area (Å²) in [6.07, 6.45) is 0.157. The van der Waals surface area contributed by atoms with Gasteiger partial charge in [-0.1, -0.05) is 12.1 Å². The zero-order valence-corrected chi connectivity index (χ0v) is 11.2. The van der Waals surface area contributed by atoms with E-state index in [1.807, 2.05) is 25.1 Å². The van der Waals surface area contributed by atoms with Crippen molar-refractivity contribution in [3.05, 3.63) is 29.3 Å². The third kappa shape index (κ3) is 3.45. The number of likely N-dealkylation sites (N-methyl/N-ethyl adjacent to an activating group) is 1. The van der Waals surface area contributed by atoms with Crippen LogP contribution in [-0.2, 0) is 11.3 Å². The Balaban J connectivity index is 1.92. The highest BCUT2D eigenvalue weighted by Crippen LogP contribution is 2.20. The van der Waals surface area contributed by atoms with Gasteiger partial charge in [-0.3, -0.25) is 0 Å². The highest BCUT2D eigenvalue weighted by Gasteiger charge is 2.18. The molecular weight excluding hydrogens is 228 g/mol. The Hall–Kier alpha value is -1.10. The van der Waals surface area contributed by atoms with E-state index in [9.17, 15) is 0 Å². The normalized spacial score (nSPS) is 20.9. The highest BCUT2D eigenvalue weighted by molar-refractivity contribution is 5.36. The number of benzene rings is 1. The van der Waals surface area contributed by atoms with E-state index in [1.54, 1.807) is 0 Å². The van der Waals surface area contributed by atoms with E-state index in [0.717, 1.165) is 36.6 Å². The van der Waals surface area contributed by atoms with E-state index in [2.05, 4.69) is 11.9 Å². The van der Waals surface area contributed by atoms with Gasteiger partial charge in [0.05, 0.1) is 6.61 Å². The molecule has 0 aliphatic carbocycles. The summed E-state index contributed by atoms with van der Waals surface area (Å²) in [6.45, 7) is 5.89. The smallest absolute Gasteiger partial charge is 0.122 e. The lowest BCUT2D eigenvalue weighted by Gasteiger charge is -2.30. The number of aryl methyl sites for hydroxylation is 1. The van der Waals surface area contributed by atoms with Gasteiger partial charge in [-0.2, -0.15) is 0 Å². The number of nitrogens with two attached hydrogens (primary N) is 1. The molecule has 0 spiro atoms. The van der Waals surface area contributed by atoms with Crippen LogP contribution in [0.2, 0.25) is 0 Å². The number of rotatable bonds is 4. The molecule has 1 aromatic rings. The van der Waals surface area contributed by atoms with Crippen LogP contribution in [0.25, 0.3) is 0 Å². The van der Waals surface area contributed by atoms with Crippen LogP contribution in [0.1, 0.15) is 11.1 Å². The van der Waals surface area contributed by atoms with Crippen molar-refractivity contribution < 1.29 is 9.47 Å². The molecule has 1 heterocycles. The summed E-state index contributed by atoms with van der Waals surface area (Å²) >= 11 is 0. The lowest BCUT2D eigenvalue weighted by Crippen LogP contribution is -2.42. The second kappa shape index (κ2) is 6.18. The highest BCUT2D eigenvalue weighted by atomic mass is 16.5. The average molecular weight is 250 g/mol. The van der Waals surface area contributed by atoms with E-state index in [-0.39, 0.29) is 6.10 Å². The summed E-state index contributed by atoms with van der Waals surface area (Å²) in [7, 11) is 2.11. The number of hydrogen-bond donors (Lipinski definition) is 1. The van der Waals surface area contributed by atoms with Gasteiger partial charge in [-0.25, -0.2) is 0 Å². The molecular formula is C14H22N2O2. The lowest BCUT2D eigenvalue weighted by atomic mass is 10.1. The Bertz CT molecular complexity index is 395. The van der Waals surface area contributed by atoms with Crippen LogP contribution < -0.4 is 10.5 Å². The zero-order chi connectivity index (χ0) is 13.0. The summed E-state index contributed by atoms with van der Waals surface area (Å²) in [5.41, 5.74) is 7.87. The predicted molar refractivity (Wildman–Crippen MR) is 71.8 cm³/mol. The van der Waals surface area contributed by atoms with E-state index < -0.39 is 0 Å². The van der Waals surface area contributed by atoms with Crippen LogP contribution in [-0.4, -0.2) is 44.4 Å². The molecule has 1 saturated heterocycles. The predicted octanol–water partition coefficient (Wildman–Crippen LogP) is 1.16. The first-order valence-corrected chi connectivity index (χ1v) is 6.41.